The first-order valence-corrected chi connectivity index (χ1v) is 8.71. The summed E-state index contributed by atoms with van der Waals surface area (Å²) < 4.78 is 1.98. The number of nitrogens with zero attached hydrogens (tertiary/aromatic N) is 3. The first-order valence-electron chi connectivity index (χ1n) is 6.95. The van der Waals surface area contributed by atoms with Crippen LogP contribution in [0.2, 0.25) is 0 Å². The van der Waals surface area contributed by atoms with E-state index in [0.29, 0.717) is 12.1 Å². The molecule has 6 heteroatoms. The van der Waals surface area contributed by atoms with E-state index >= 15 is 0 Å². The molecule has 0 radical (unpaired) electrons. The van der Waals surface area contributed by atoms with Crippen LogP contribution in [-0.4, -0.2) is 20.8 Å². The van der Waals surface area contributed by atoms with E-state index in [9.17, 15) is 0 Å². The molecule has 0 amide bonds. The summed E-state index contributed by atoms with van der Waals surface area (Å²) in [6, 6.07) is 6.78. The average molecular weight is 318 g/mol. The number of thiazole rings is 1. The number of thiophene rings is 1. The molecular weight excluding hydrogens is 300 g/mol. The van der Waals surface area contributed by atoms with Gasteiger partial charge in [0.1, 0.15) is 5.01 Å². The molecule has 0 bridgehead atoms. The molecule has 4 nitrogen and oxygen atoms in total. The lowest BCUT2D eigenvalue weighted by Crippen LogP contribution is -2.33. The van der Waals surface area contributed by atoms with Crippen molar-refractivity contribution in [3.05, 3.63) is 47.0 Å². The Balaban J connectivity index is 1.58. The lowest BCUT2D eigenvalue weighted by molar-refractivity contribution is 0.364. The van der Waals surface area contributed by atoms with E-state index in [2.05, 4.69) is 47.2 Å². The van der Waals surface area contributed by atoms with Gasteiger partial charge < -0.3 is 5.32 Å². The Hall–Kier alpha value is -1.50. The Bertz CT molecular complexity index is 658. The van der Waals surface area contributed by atoms with E-state index in [0.717, 1.165) is 17.2 Å². The van der Waals surface area contributed by atoms with E-state index < -0.39 is 0 Å². The van der Waals surface area contributed by atoms with Gasteiger partial charge >= 0.3 is 0 Å². The lowest BCUT2D eigenvalue weighted by Gasteiger charge is -2.21. The Morgan fingerprint density at radius 3 is 2.90 bits per heavy atom. The maximum Gasteiger partial charge on any atom is 0.133 e. The topological polar surface area (TPSA) is 42.7 Å². The van der Waals surface area contributed by atoms with Crippen LogP contribution in [0.3, 0.4) is 0 Å². The van der Waals surface area contributed by atoms with Gasteiger partial charge in [0, 0.05) is 30.4 Å². The summed E-state index contributed by atoms with van der Waals surface area (Å²) in [6.45, 7) is 5.14. The molecule has 3 aromatic rings. The van der Waals surface area contributed by atoms with Gasteiger partial charge in [0.05, 0.1) is 16.6 Å². The van der Waals surface area contributed by atoms with Crippen LogP contribution in [-0.2, 0) is 6.54 Å². The van der Waals surface area contributed by atoms with Crippen LogP contribution in [0.1, 0.15) is 25.6 Å². The third-order valence-electron chi connectivity index (χ3n) is 3.55. The van der Waals surface area contributed by atoms with Gasteiger partial charge in [-0.25, -0.2) is 4.98 Å². The van der Waals surface area contributed by atoms with Crippen LogP contribution in [0.15, 0.2) is 41.4 Å². The fraction of sp³-hybridized carbons (Fsp3) is 0.333. The molecule has 3 heterocycles. The molecule has 0 aliphatic rings. The minimum Gasteiger partial charge on any atom is -0.306 e. The quantitative estimate of drug-likeness (QED) is 0.751. The van der Waals surface area contributed by atoms with Gasteiger partial charge in [0.25, 0.3) is 0 Å². The van der Waals surface area contributed by atoms with Crippen molar-refractivity contribution in [2.45, 2.75) is 32.5 Å². The van der Waals surface area contributed by atoms with E-state index in [1.54, 1.807) is 22.7 Å². The summed E-state index contributed by atoms with van der Waals surface area (Å²) in [5.74, 6) is 0. The van der Waals surface area contributed by atoms with Crippen molar-refractivity contribution in [3.8, 4) is 9.88 Å². The highest BCUT2D eigenvalue weighted by atomic mass is 32.1. The number of rotatable bonds is 6. The molecule has 21 heavy (non-hydrogen) atoms. The number of hydrogen-bond donors (Lipinski definition) is 1. The normalized spacial score (nSPS) is 14.2. The monoisotopic (exact) mass is 318 g/mol. The first kappa shape index (κ1) is 14.4. The molecule has 0 saturated heterocycles. The molecule has 0 aliphatic carbocycles. The molecule has 0 aliphatic heterocycles. The van der Waals surface area contributed by atoms with Crippen LogP contribution in [0, 0.1) is 0 Å². The van der Waals surface area contributed by atoms with Crippen molar-refractivity contribution in [1.29, 1.82) is 0 Å². The van der Waals surface area contributed by atoms with Gasteiger partial charge in [-0.3, -0.25) is 4.68 Å². The second-order valence-corrected chi connectivity index (χ2v) is 6.82. The van der Waals surface area contributed by atoms with Crippen molar-refractivity contribution in [2.75, 3.05) is 0 Å². The predicted octanol–water partition coefficient (Wildman–Crippen LogP) is 3.81. The van der Waals surface area contributed by atoms with Gasteiger partial charge in [-0.15, -0.1) is 22.7 Å². The second-order valence-electron chi connectivity index (χ2n) is 5.02. The highest BCUT2D eigenvalue weighted by Crippen LogP contribution is 2.27. The van der Waals surface area contributed by atoms with Gasteiger partial charge in [0.2, 0.25) is 0 Å². The highest BCUT2D eigenvalue weighted by Gasteiger charge is 2.14. The summed E-state index contributed by atoms with van der Waals surface area (Å²) in [4.78, 5) is 5.93. The minimum absolute atomic E-state index is 0.315. The predicted molar refractivity (Wildman–Crippen MR) is 88.7 cm³/mol. The molecule has 3 aromatic heterocycles. The van der Waals surface area contributed by atoms with Crippen LogP contribution >= 0.6 is 22.7 Å². The Kier molecular flexibility index (Phi) is 4.48. The number of aromatic nitrogens is 3. The van der Waals surface area contributed by atoms with Crippen molar-refractivity contribution in [3.63, 3.8) is 0 Å². The summed E-state index contributed by atoms with van der Waals surface area (Å²) in [7, 11) is 0. The Morgan fingerprint density at radius 2 is 2.19 bits per heavy atom. The molecule has 3 rings (SSSR count). The van der Waals surface area contributed by atoms with Crippen LogP contribution in [0.25, 0.3) is 9.88 Å². The van der Waals surface area contributed by atoms with Crippen molar-refractivity contribution in [2.24, 2.45) is 0 Å². The van der Waals surface area contributed by atoms with Crippen molar-refractivity contribution < 1.29 is 0 Å². The standard InChI is InChI=1S/C15H18N4S2/c1-11(12(2)19-7-4-6-17-19)16-9-13-10-21-15(18-13)14-5-3-8-20-14/h3-8,10-12,16H,9H2,1-2H3/t11-,12-/m0/s1. The SMILES string of the molecule is C[C@H](NCc1csc(-c2cccs2)n1)[C@H](C)n1cccn1. The maximum absolute atomic E-state index is 4.69. The number of hydrogen-bond acceptors (Lipinski definition) is 5. The maximum atomic E-state index is 4.69. The van der Waals surface area contributed by atoms with Crippen molar-refractivity contribution in [1.82, 2.24) is 20.1 Å². The summed E-state index contributed by atoms with van der Waals surface area (Å²) in [5, 5.41) is 13.2. The van der Waals surface area contributed by atoms with E-state index in [-0.39, 0.29) is 0 Å². The fourth-order valence-corrected chi connectivity index (χ4v) is 3.72. The van der Waals surface area contributed by atoms with Crippen molar-refractivity contribution >= 4 is 22.7 Å². The lowest BCUT2D eigenvalue weighted by atomic mass is 10.2. The zero-order valence-corrected chi connectivity index (χ0v) is 13.7. The number of nitrogens with one attached hydrogen (secondary N) is 1. The average Bonchev–Trinajstić information content (AvgIpc) is 3.25. The smallest absolute Gasteiger partial charge is 0.133 e. The van der Waals surface area contributed by atoms with Gasteiger partial charge in [-0.2, -0.15) is 5.10 Å². The fourth-order valence-electron chi connectivity index (χ4n) is 2.09. The zero-order chi connectivity index (χ0) is 14.7. The van der Waals surface area contributed by atoms with Gasteiger partial charge in [-0.05, 0) is 31.4 Å². The third-order valence-corrected chi connectivity index (χ3v) is 5.48. The van der Waals surface area contributed by atoms with E-state index in [1.165, 1.54) is 4.88 Å². The van der Waals surface area contributed by atoms with Crippen LogP contribution in [0.5, 0.6) is 0 Å². The third kappa shape index (κ3) is 3.40. The summed E-state index contributed by atoms with van der Waals surface area (Å²) in [5.41, 5.74) is 1.10. The largest absolute Gasteiger partial charge is 0.306 e. The molecule has 1 N–H and O–H groups in total. The molecule has 0 unspecified atom stereocenters. The molecule has 0 saturated carbocycles. The molecule has 110 valence electrons. The highest BCUT2D eigenvalue weighted by molar-refractivity contribution is 7.20. The Morgan fingerprint density at radius 1 is 1.29 bits per heavy atom. The van der Waals surface area contributed by atoms with Gasteiger partial charge in [0.15, 0.2) is 0 Å². The molecule has 0 spiro atoms. The zero-order valence-electron chi connectivity index (χ0n) is 12.1. The molecule has 0 fully saturated rings. The summed E-state index contributed by atoms with van der Waals surface area (Å²) in [6.07, 6.45) is 3.82. The van der Waals surface area contributed by atoms with Crippen LogP contribution in [0.4, 0.5) is 0 Å². The second kappa shape index (κ2) is 6.51. The van der Waals surface area contributed by atoms with Gasteiger partial charge in [-0.1, -0.05) is 6.07 Å². The Labute approximate surface area is 132 Å². The molecular formula is C15H18N4S2. The van der Waals surface area contributed by atoms with Crippen LogP contribution < -0.4 is 5.32 Å². The first-order chi connectivity index (χ1) is 10.2. The van der Waals surface area contributed by atoms with E-state index in [1.807, 2.05) is 23.1 Å². The molecule has 0 aromatic carbocycles. The minimum atomic E-state index is 0.315. The van der Waals surface area contributed by atoms with E-state index in [4.69, 9.17) is 4.98 Å². The molecule has 2 atom stereocenters. The summed E-state index contributed by atoms with van der Waals surface area (Å²) >= 11 is 3.44.